The van der Waals surface area contributed by atoms with Gasteiger partial charge in [-0.2, -0.15) is 0 Å². The largest absolute Gasteiger partial charge is 0.478 e. The highest BCUT2D eigenvalue weighted by Crippen LogP contribution is 2.23. The minimum Gasteiger partial charge on any atom is -0.478 e. The van der Waals surface area contributed by atoms with Crippen LogP contribution in [0.25, 0.3) is 0 Å². The van der Waals surface area contributed by atoms with Gasteiger partial charge in [-0.1, -0.05) is 12.1 Å². The van der Waals surface area contributed by atoms with E-state index in [-0.39, 0.29) is 0 Å². The molecule has 0 aliphatic carbocycles. The van der Waals surface area contributed by atoms with Crippen LogP contribution in [0, 0.1) is 3.57 Å². The third kappa shape index (κ3) is 3.94. The molecule has 3 nitrogen and oxygen atoms in total. The second kappa shape index (κ2) is 6.38. The van der Waals surface area contributed by atoms with Crippen LogP contribution in [0.3, 0.4) is 0 Å². The Balaban J connectivity index is 2.07. The lowest BCUT2D eigenvalue weighted by atomic mass is 10.1. The molecule has 2 aromatic carbocycles. The highest BCUT2D eigenvalue weighted by Gasteiger charge is 2.03. The van der Waals surface area contributed by atoms with Crippen molar-refractivity contribution >= 4 is 50.2 Å². The molecule has 0 saturated heterocycles. The molecule has 0 amide bonds. The molecular formula is C14H11BrINO2. The number of rotatable bonds is 4. The van der Waals surface area contributed by atoms with Crippen molar-refractivity contribution in [2.75, 3.05) is 5.32 Å². The summed E-state index contributed by atoms with van der Waals surface area (Å²) in [7, 11) is 0. The van der Waals surface area contributed by atoms with E-state index in [1.807, 2.05) is 24.3 Å². The topological polar surface area (TPSA) is 49.3 Å². The third-order valence-corrected chi connectivity index (χ3v) is 4.93. The molecule has 0 aromatic heterocycles. The van der Waals surface area contributed by atoms with Crippen LogP contribution in [-0.2, 0) is 6.54 Å². The van der Waals surface area contributed by atoms with E-state index < -0.39 is 5.97 Å². The van der Waals surface area contributed by atoms with Gasteiger partial charge in [-0.25, -0.2) is 4.79 Å². The zero-order valence-corrected chi connectivity index (χ0v) is 13.6. The average Bonchev–Trinajstić information content (AvgIpc) is 2.40. The maximum absolute atomic E-state index is 10.9. The molecule has 0 saturated carbocycles. The molecule has 2 rings (SSSR count). The first-order valence-electron chi connectivity index (χ1n) is 5.57. The van der Waals surface area contributed by atoms with Gasteiger partial charge >= 0.3 is 5.97 Å². The molecule has 0 radical (unpaired) electrons. The van der Waals surface area contributed by atoms with Crippen LogP contribution < -0.4 is 5.32 Å². The van der Waals surface area contributed by atoms with Crippen molar-refractivity contribution < 1.29 is 9.90 Å². The van der Waals surface area contributed by atoms with Crippen LogP contribution in [0.4, 0.5) is 5.69 Å². The van der Waals surface area contributed by atoms with Crippen LogP contribution in [0.1, 0.15) is 15.9 Å². The summed E-state index contributed by atoms with van der Waals surface area (Å²) in [6.45, 7) is 0.591. The van der Waals surface area contributed by atoms with E-state index in [1.165, 1.54) is 0 Å². The first-order chi connectivity index (χ1) is 9.06. The number of hydrogen-bond acceptors (Lipinski definition) is 2. The van der Waals surface area contributed by atoms with Crippen LogP contribution in [0.15, 0.2) is 46.9 Å². The predicted octanol–water partition coefficient (Wildman–Crippen LogP) is 4.36. The van der Waals surface area contributed by atoms with Gasteiger partial charge in [0.25, 0.3) is 0 Å². The average molecular weight is 432 g/mol. The Bertz CT molecular complexity index is 616. The summed E-state index contributed by atoms with van der Waals surface area (Å²) >= 11 is 5.73. The van der Waals surface area contributed by atoms with Gasteiger partial charge in [-0.15, -0.1) is 0 Å². The summed E-state index contributed by atoms with van der Waals surface area (Å²) in [6, 6.07) is 12.9. The molecular weight excluding hydrogens is 421 g/mol. The Morgan fingerprint density at radius 3 is 2.74 bits per heavy atom. The van der Waals surface area contributed by atoms with E-state index in [4.69, 9.17) is 5.11 Å². The van der Waals surface area contributed by atoms with Crippen molar-refractivity contribution in [1.82, 2.24) is 0 Å². The van der Waals surface area contributed by atoms with Crippen molar-refractivity contribution in [1.29, 1.82) is 0 Å². The molecule has 0 fully saturated rings. The number of benzene rings is 2. The fourth-order valence-corrected chi connectivity index (χ4v) is 2.34. The van der Waals surface area contributed by atoms with E-state index in [0.717, 1.165) is 19.3 Å². The molecule has 2 aromatic rings. The Morgan fingerprint density at radius 1 is 1.26 bits per heavy atom. The summed E-state index contributed by atoms with van der Waals surface area (Å²) in [5.41, 5.74) is 2.24. The number of halogens is 2. The monoisotopic (exact) mass is 431 g/mol. The summed E-state index contributed by atoms with van der Waals surface area (Å²) in [6.07, 6.45) is 0. The number of nitrogens with one attached hydrogen (secondary N) is 1. The van der Waals surface area contributed by atoms with Crippen LogP contribution in [-0.4, -0.2) is 11.1 Å². The van der Waals surface area contributed by atoms with E-state index in [9.17, 15) is 4.79 Å². The van der Waals surface area contributed by atoms with Gasteiger partial charge in [0.15, 0.2) is 0 Å². The van der Waals surface area contributed by atoms with Crippen molar-refractivity contribution in [3.05, 3.63) is 61.6 Å². The molecule has 0 atom stereocenters. The SMILES string of the molecule is O=C(O)c1cccc(CNc2ccc(I)c(Br)c2)c1. The molecule has 0 bridgehead atoms. The lowest BCUT2D eigenvalue weighted by Gasteiger charge is -2.08. The maximum atomic E-state index is 10.9. The molecule has 0 spiro atoms. The molecule has 0 unspecified atom stereocenters. The lowest BCUT2D eigenvalue weighted by Crippen LogP contribution is -2.02. The van der Waals surface area contributed by atoms with Crippen LogP contribution in [0.2, 0.25) is 0 Å². The molecule has 2 N–H and O–H groups in total. The third-order valence-electron chi connectivity index (χ3n) is 2.59. The minimum atomic E-state index is -0.904. The van der Waals surface area contributed by atoms with Crippen molar-refractivity contribution in [2.45, 2.75) is 6.54 Å². The summed E-state index contributed by atoms with van der Waals surface area (Å²) < 4.78 is 2.19. The van der Waals surface area contributed by atoms with Gasteiger partial charge in [0.05, 0.1) is 5.56 Å². The number of anilines is 1. The highest BCUT2D eigenvalue weighted by atomic mass is 127. The lowest BCUT2D eigenvalue weighted by molar-refractivity contribution is 0.0697. The standard InChI is InChI=1S/C14H11BrINO2/c15-12-7-11(4-5-13(12)16)17-8-9-2-1-3-10(6-9)14(18)19/h1-7,17H,8H2,(H,18,19). The smallest absolute Gasteiger partial charge is 0.335 e. The highest BCUT2D eigenvalue weighted by molar-refractivity contribution is 14.1. The maximum Gasteiger partial charge on any atom is 0.335 e. The van der Waals surface area contributed by atoms with Crippen molar-refractivity contribution in [2.24, 2.45) is 0 Å². The quantitative estimate of drug-likeness (QED) is 0.707. The predicted molar refractivity (Wildman–Crippen MR) is 87.6 cm³/mol. The summed E-state index contributed by atoms with van der Waals surface area (Å²) in [5, 5.41) is 12.2. The molecule has 19 heavy (non-hydrogen) atoms. The molecule has 0 aliphatic rings. The van der Waals surface area contributed by atoms with E-state index in [1.54, 1.807) is 18.2 Å². The zero-order chi connectivity index (χ0) is 13.8. The van der Waals surface area contributed by atoms with E-state index >= 15 is 0 Å². The Morgan fingerprint density at radius 2 is 2.05 bits per heavy atom. The number of carboxylic acid groups (broad SMARTS) is 1. The molecule has 98 valence electrons. The number of hydrogen-bond donors (Lipinski definition) is 2. The Labute approximate surface area is 133 Å². The number of carboxylic acids is 1. The number of carbonyl (C=O) groups is 1. The van der Waals surface area contributed by atoms with Gasteiger partial charge in [0.2, 0.25) is 0 Å². The fraction of sp³-hybridized carbons (Fsp3) is 0.0714. The molecule has 0 aliphatic heterocycles. The van der Waals surface area contributed by atoms with Gasteiger partial charge in [-0.05, 0) is 74.4 Å². The van der Waals surface area contributed by atoms with Crippen LogP contribution >= 0.6 is 38.5 Å². The first kappa shape index (κ1) is 14.3. The molecule has 5 heteroatoms. The Hall–Kier alpha value is -1.08. The van der Waals surface area contributed by atoms with Gasteiger partial charge in [-0.3, -0.25) is 0 Å². The first-order valence-corrected chi connectivity index (χ1v) is 7.44. The summed E-state index contributed by atoms with van der Waals surface area (Å²) in [5.74, 6) is -0.904. The summed E-state index contributed by atoms with van der Waals surface area (Å²) in [4.78, 5) is 10.9. The second-order valence-electron chi connectivity index (χ2n) is 3.99. The van der Waals surface area contributed by atoms with E-state index in [2.05, 4.69) is 43.8 Å². The van der Waals surface area contributed by atoms with Gasteiger partial charge in [0.1, 0.15) is 0 Å². The zero-order valence-electron chi connectivity index (χ0n) is 9.86. The second-order valence-corrected chi connectivity index (χ2v) is 6.00. The Kier molecular flexibility index (Phi) is 4.81. The van der Waals surface area contributed by atoms with Crippen molar-refractivity contribution in [3.63, 3.8) is 0 Å². The van der Waals surface area contributed by atoms with Gasteiger partial charge < -0.3 is 10.4 Å². The van der Waals surface area contributed by atoms with Crippen molar-refractivity contribution in [3.8, 4) is 0 Å². The van der Waals surface area contributed by atoms with Crippen LogP contribution in [0.5, 0.6) is 0 Å². The normalized spacial score (nSPS) is 10.2. The minimum absolute atomic E-state index is 0.308. The number of aromatic carboxylic acids is 1. The van der Waals surface area contributed by atoms with Gasteiger partial charge in [0, 0.05) is 20.3 Å². The fourth-order valence-electron chi connectivity index (χ4n) is 1.62. The molecule has 0 heterocycles. The van der Waals surface area contributed by atoms with E-state index in [0.29, 0.717) is 12.1 Å².